The third kappa shape index (κ3) is 3.04. The van der Waals surface area contributed by atoms with Gasteiger partial charge in [0.15, 0.2) is 14.9 Å². The second-order valence-corrected chi connectivity index (χ2v) is 7.37. The lowest BCUT2D eigenvalue weighted by molar-refractivity contribution is 0.468. The Balaban J connectivity index is 1.90. The van der Waals surface area contributed by atoms with E-state index >= 15 is 0 Å². The Morgan fingerprint density at radius 1 is 1.47 bits per heavy atom. The Morgan fingerprint density at radius 2 is 2.13 bits per heavy atom. The third-order valence-corrected chi connectivity index (χ3v) is 4.95. The van der Waals surface area contributed by atoms with E-state index < -0.39 is 9.84 Å². The van der Waals surface area contributed by atoms with Gasteiger partial charge in [0, 0.05) is 6.04 Å². The van der Waals surface area contributed by atoms with Gasteiger partial charge in [-0.1, -0.05) is 0 Å². The molecule has 0 aromatic rings. The minimum Gasteiger partial charge on any atom is -0.360 e. The largest absolute Gasteiger partial charge is 0.360 e. The van der Waals surface area contributed by atoms with Crippen molar-refractivity contribution in [1.82, 2.24) is 10.6 Å². The minimum absolute atomic E-state index is 0.187. The van der Waals surface area contributed by atoms with Gasteiger partial charge in [-0.05, 0) is 38.4 Å². The van der Waals surface area contributed by atoms with Crippen molar-refractivity contribution in [1.29, 1.82) is 0 Å². The summed E-state index contributed by atoms with van der Waals surface area (Å²) in [5.74, 6) is 0.453. The van der Waals surface area contributed by atoms with Gasteiger partial charge in [-0.3, -0.25) is 0 Å². The topological polar surface area (TPSA) is 58.2 Å². The highest BCUT2D eigenvalue weighted by atomic mass is 32.2. The standard InChI is InChI=1S/C9H16N2O2S2/c1-9(4-5-15(12,13)6-9)11-8(14)10-7-2-3-7/h7H,2-6H2,1H3,(H2,10,11,14)/t9-/m0/s1. The van der Waals surface area contributed by atoms with Crippen LogP contribution in [0.3, 0.4) is 0 Å². The van der Waals surface area contributed by atoms with Crippen LogP contribution in [0.25, 0.3) is 0 Å². The number of thiocarbonyl (C=S) groups is 1. The second kappa shape index (κ2) is 3.59. The van der Waals surface area contributed by atoms with Gasteiger partial charge >= 0.3 is 0 Å². The molecule has 1 heterocycles. The van der Waals surface area contributed by atoms with Crippen LogP contribution in [0.2, 0.25) is 0 Å². The van der Waals surface area contributed by atoms with Gasteiger partial charge in [-0.25, -0.2) is 8.42 Å². The fourth-order valence-corrected chi connectivity index (χ4v) is 4.34. The molecule has 1 saturated carbocycles. The molecule has 86 valence electrons. The zero-order chi connectivity index (χ0) is 11.1. The van der Waals surface area contributed by atoms with Crippen molar-refractivity contribution in [3.8, 4) is 0 Å². The SMILES string of the molecule is C[C@]1(NC(=S)NC2CC2)CCS(=O)(=O)C1. The maximum atomic E-state index is 11.4. The molecule has 0 radical (unpaired) electrons. The molecule has 4 nitrogen and oxygen atoms in total. The highest BCUT2D eigenvalue weighted by Crippen LogP contribution is 2.23. The first-order chi connectivity index (χ1) is 6.89. The molecular formula is C9H16N2O2S2. The molecule has 15 heavy (non-hydrogen) atoms. The number of nitrogens with one attached hydrogen (secondary N) is 2. The fourth-order valence-electron chi connectivity index (χ4n) is 1.83. The van der Waals surface area contributed by atoms with E-state index in [-0.39, 0.29) is 17.0 Å². The molecule has 2 fully saturated rings. The Labute approximate surface area is 95.7 Å². The summed E-state index contributed by atoms with van der Waals surface area (Å²) in [6, 6.07) is 0.506. The summed E-state index contributed by atoms with van der Waals surface area (Å²) in [6.45, 7) is 1.92. The van der Waals surface area contributed by atoms with E-state index in [4.69, 9.17) is 12.2 Å². The van der Waals surface area contributed by atoms with Gasteiger partial charge in [-0.15, -0.1) is 0 Å². The van der Waals surface area contributed by atoms with Crippen molar-refractivity contribution in [2.45, 2.75) is 37.8 Å². The van der Waals surface area contributed by atoms with Crippen molar-refractivity contribution in [2.75, 3.05) is 11.5 Å². The molecular weight excluding hydrogens is 232 g/mol. The second-order valence-electron chi connectivity index (χ2n) is 4.78. The van der Waals surface area contributed by atoms with Crippen molar-refractivity contribution in [3.05, 3.63) is 0 Å². The molecule has 1 aliphatic carbocycles. The third-order valence-electron chi connectivity index (χ3n) is 2.83. The smallest absolute Gasteiger partial charge is 0.166 e. The number of hydrogen-bond donors (Lipinski definition) is 2. The van der Waals surface area contributed by atoms with Gasteiger partial charge < -0.3 is 10.6 Å². The quantitative estimate of drug-likeness (QED) is 0.683. The Kier molecular flexibility index (Phi) is 2.66. The Hall–Kier alpha value is -0.360. The van der Waals surface area contributed by atoms with Crippen LogP contribution in [-0.2, 0) is 9.84 Å². The van der Waals surface area contributed by atoms with Crippen LogP contribution in [0.5, 0.6) is 0 Å². The summed E-state index contributed by atoms with van der Waals surface area (Å²) in [5, 5.41) is 6.88. The van der Waals surface area contributed by atoms with Crippen LogP contribution >= 0.6 is 12.2 Å². The van der Waals surface area contributed by atoms with Gasteiger partial charge in [-0.2, -0.15) is 0 Å². The number of sulfone groups is 1. The highest BCUT2D eigenvalue weighted by Gasteiger charge is 2.39. The monoisotopic (exact) mass is 248 g/mol. The molecule has 2 rings (SSSR count). The molecule has 0 unspecified atom stereocenters. The summed E-state index contributed by atoms with van der Waals surface area (Å²) in [4.78, 5) is 0. The molecule has 0 spiro atoms. The van der Waals surface area contributed by atoms with E-state index in [9.17, 15) is 8.42 Å². The molecule has 1 saturated heterocycles. The Morgan fingerprint density at radius 3 is 2.60 bits per heavy atom. The molecule has 0 aromatic carbocycles. The van der Waals surface area contributed by atoms with E-state index in [1.807, 2.05) is 6.92 Å². The van der Waals surface area contributed by atoms with Crippen molar-refractivity contribution < 1.29 is 8.42 Å². The zero-order valence-electron chi connectivity index (χ0n) is 8.75. The summed E-state index contributed by atoms with van der Waals surface area (Å²) in [5.41, 5.74) is -0.377. The van der Waals surface area contributed by atoms with Crippen LogP contribution in [0.15, 0.2) is 0 Å². The first-order valence-corrected chi connectivity index (χ1v) is 7.41. The molecule has 0 amide bonds. The summed E-state index contributed by atoms with van der Waals surface area (Å²) < 4.78 is 22.7. The maximum Gasteiger partial charge on any atom is 0.166 e. The van der Waals surface area contributed by atoms with Gasteiger partial charge in [0.25, 0.3) is 0 Å². The van der Waals surface area contributed by atoms with E-state index in [1.165, 1.54) is 0 Å². The first-order valence-electron chi connectivity index (χ1n) is 5.18. The molecule has 1 atom stereocenters. The minimum atomic E-state index is -2.86. The van der Waals surface area contributed by atoms with E-state index in [2.05, 4.69) is 10.6 Å². The Bertz CT molecular complexity index is 376. The van der Waals surface area contributed by atoms with Crippen molar-refractivity contribution in [3.63, 3.8) is 0 Å². The summed E-state index contributed by atoms with van der Waals surface area (Å²) in [7, 11) is -2.86. The fraction of sp³-hybridized carbons (Fsp3) is 0.889. The van der Waals surface area contributed by atoms with Crippen molar-refractivity contribution in [2.24, 2.45) is 0 Å². The van der Waals surface area contributed by atoms with Gasteiger partial charge in [0.1, 0.15) is 0 Å². The first kappa shape index (κ1) is 11.1. The lowest BCUT2D eigenvalue weighted by Crippen LogP contribution is -2.51. The normalized spacial score (nSPS) is 33.7. The van der Waals surface area contributed by atoms with Crippen LogP contribution in [0, 0.1) is 0 Å². The van der Waals surface area contributed by atoms with E-state index in [0.717, 1.165) is 12.8 Å². The van der Waals surface area contributed by atoms with Crippen LogP contribution in [0.1, 0.15) is 26.2 Å². The van der Waals surface area contributed by atoms with Crippen LogP contribution in [0.4, 0.5) is 0 Å². The van der Waals surface area contributed by atoms with Crippen LogP contribution in [-0.4, -0.2) is 36.6 Å². The predicted octanol–water partition coefficient (Wildman–Crippen LogP) is 0.190. The van der Waals surface area contributed by atoms with Gasteiger partial charge in [0.05, 0.1) is 17.0 Å². The number of hydrogen-bond acceptors (Lipinski definition) is 3. The van der Waals surface area contributed by atoms with E-state index in [1.54, 1.807) is 0 Å². The zero-order valence-corrected chi connectivity index (χ0v) is 10.4. The lowest BCUT2D eigenvalue weighted by atomic mass is 10.0. The summed E-state index contributed by atoms with van der Waals surface area (Å²) in [6.07, 6.45) is 2.97. The average Bonchev–Trinajstić information content (AvgIpc) is 2.79. The average molecular weight is 248 g/mol. The van der Waals surface area contributed by atoms with E-state index in [0.29, 0.717) is 17.6 Å². The van der Waals surface area contributed by atoms with Gasteiger partial charge in [0.2, 0.25) is 0 Å². The molecule has 0 bridgehead atoms. The maximum absolute atomic E-state index is 11.4. The number of rotatable bonds is 2. The molecule has 6 heteroatoms. The molecule has 0 aromatic heterocycles. The molecule has 1 aliphatic heterocycles. The lowest BCUT2D eigenvalue weighted by Gasteiger charge is -2.25. The molecule has 2 N–H and O–H groups in total. The molecule has 2 aliphatic rings. The summed E-state index contributed by atoms with van der Waals surface area (Å²) >= 11 is 5.14. The van der Waals surface area contributed by atoms with Crippen molar-refractivity contribution >= 4 is 27.2 Å². The van der Waals surface area contributed by atoms with Crippen LogP contribution < -0.4 is 10.6 Å². The predicted molar refractivity (Wildman–Crippen MR) is 63.6 cm³/mol. The highest BCUT2D eigenvalue weighted by molar-refractivity contribution is 7.91.